The van der Waals surface area contributed by atoms with Gasteiger partial charge in [0.25, 0.3) is 5.91 Å². The van der Waals surface area contributed by atoms with Crippen LogP contribution in [-0.2, 0) is 0 Å². The molecule has 0 aliphatic heterocycles. The average molecular weight is 213 g/mol. The number of hydrogen-bond acceptors (Lipinski definition) is 2. The molecule has 0 aromatic heterocycles. The van der Waals surface area contributed by atoms with Crippen LogP contribution >= 0.6 is 11.6 Å². The second kappa shape index (κ2) is 4.86. The summed E-state index contributed by atoms with van der Waals surface area (Å²) in [6.45, 7) is 2.48. The molecular weight excluding hydrogens is 200 g/mol. The Kier molecular flexibility index (Phi) is 3.77. The predicted octanol–water partition coefficient (Wildman–Crippen LogP) is 2.13. The second-order valence-electron chi connectivity index (χ2n) is 2.80. The molecule has 2 N–H and O–H groups in total. The fourth-order valence-electron chi connectivity index (χ4n) is 1.18. The zero-order valence-electron chi connectivity index (χ0n) is 8.23. The van der Waals surface area contributed by atoms with Crippen molar-refractivity contribution in [1.82, 2.24) is 5.32 Å². The average Bonchev–Trinajstić information content (AvgIpc) is 2.18. The molecule has 0 spiro atoms. The van der Waals surface area contributed by atoms with Gasteiger partial charge in [-0.15, -0.1) is 0 Å². The first-order valence-corrected chi connectivity index (χ1v) is 4.82. The zero-order chi connectivity index (χ0) is 10.6. The Hall–Kier alpha value is -1.22. The van der Waals surface area contributed by atoms with Crippen LogP contribution in [0.1, 0.15) is 17.3 Å². The van der Waals surface area contributed by atoms with Gasteiger partial charge in [-0.25, -0.2) is 0 Å². The molecule has 0 saturated carbocycles. The molecule has 0 aliphatic rings. The van der Waals surface area contributed by atoms with E-state index in [4.69, 9.17) is 11.6 Å². The SMILES string of the molecule is CCNC(=O)c1cc(Cl)ccc1NC. The minimum absolute atomic E-state index is 0.112. The molecule has 4 heteroatoms. The first-order valence-electron chi connectivity index (χ1n) is 4.44. The molecule has 0 unspecified atom stereocenters. The number of halogens is 1. The summed E-state index contributed by atoms with van der Waals surface area (Å²) in [5, 5.41) is 6.23. The van der Waals surface area contributed by atoms with Gasteiger partial charge >= 0.3 is 0 Å². The Labute approximate surface area is 88.5 Å². The highest BCUT2D eigenvalue weighted by atomic mass is 35.5. The van der Waals surface area contributed by atoms with Gasteiger partial charge in [-0.2, -0.15) is 0 Å². The van der Waals surface area contributed by atoms with E-state index in [0.29, 0.717) is 17.1 Å². The highest BCUT2D eigenvalue weighted by molar-refractivity contribution is 6.31. The maximum atomic E-state index is 11.6. The molecule has 76 valence electrons. The third kappa shape index (κ3) is 2.39. The molecule has 0 atom stereocenters. The van der Waals surface area contributed by atoms with E-state index in [1.807, 2.05) is 6.92 Å². The number of nitrogens with one attached hydrogen (secondary N) is 2. The van der Waals surface area contributed by atoms with Gasteiger partial charge in [0.2, 0.25) is 0 Å². The summed E-state index contributed by atoms with van der Waals surface area (Å²) < 4.78 is 0. The number of amides is 1. The number of carbonyl (C=O) groups is 1. The zero-order valence-corrected chi connectivity index (χ0v) is 8.98. The van der Waals surface area contributed by atoms with Crippen LogP contribution in [0.4, 0.5) is 5.69 Å². The predicted molar refractivity (Wildman–Crippen MR) is 59.0 cm³/mol. The van der Waals surface area contributed by atoms with Crippen LogP contribution in [0.2, 0.25) is 5.02 Å². The minimum Gasteiger partial charge on any atom is -0.387 e. The monoisotopic (exact) mass is 212 g/mol. The number of rotatable bonds is 3. The smallest absolute Gasteiger partial charge is 0.253 e. The van der Waals surface area contributed by atoms with Crippen molar-refractivity contribution in [2.24, 2.45) is 0 Å². The van der Waals surface area contributed by atoms with Gasteiger partial charge in [-0.3, -0.25) is 4.79 Å². The third-order valence-electron chi connectivity index (χ3n) is 1.83. The van der Waals surface area contributed by atoms with Gasteiger partial charge in [0.15, 0.2) is 0 Å². The van der Waals surface area contributed by atoms with Crippen LogP contribution in [0, 0.1) is 0 Å². The summed E-state index contributed by atoms with van der Waals surface area (Å²) in [7, 11) is 1.77. The fourth-order valence-corrected chi connectivity index (χ4v) is 1.35. The minimum atomic E-state index is -0.112. The Bertz CT molecular complexity index is 339. The Balaban J connectivity index is 3.03. The third-order valence-corrected chi connectivity index (χ3v) is 2.07. The summed E-state index contributed by atoms with van der Waals surface area (Å²) in [4.78, 5) is 11.6. The lowest BCUT2D eigenvalue weighted by atomic mass is 10.1. The number of hydrogen-bond donors (Lipinski definition) is 2. The van der Waals surface area contributed by atoms with Gasteiger partial charge < -0.3 is 10.6 Å². The first kappa shape index (κ1) is 10.9. The molecular formula is C10H13ClN2O. The van der Waals surface area contributed by atoms with Crippen molar-refractivity contribution in [3.05, 3.63) is 28.8 Å². The highest BCUT2D eigenvalue weighted by Gasteiger charge is 2.09. The molecule has 1 aromatic carbocycles. The van der Waals surface area contributed by atoms with E-state index in [1.54, 1.807) is 25.2 Å². The van der Waals surface area contributed by atoms with E-state index >= 15 is 0 Å². The van der Waals surface area contributed by atoms with Gasteiger partial charge in [-0.05, 0) is 25.1 Å². The van der Waals surface area contributed by atoms with Crippen molar-refractivity contribution in [2.45, 2.75) is 6.92 Å². The van der Waals surface area contributed by atoms with Crippen molar-refractivity contribution >= 4 is 23.2 Å². The molecule has 0 heterocycles. The van der Waals surface area contributed by atoms with E-state index in [1.165, 1.54) is 0 Å². The second-order valence-corrected chi connectivity index (χ2v) is 3.24. The number of benzene rings is 1. The molecule has 1 amide bonds. The van der Waals surface area contributed by atoms with Crippen molar-refractivity contribution in [1.29, 1.82) is 0 Å². The Morgan fingerprint density at radius 2 is 2.21 bits per heavy atom. The van der Waals surface area contributed by atoms with Crippen molar-refractivity contribution in [3.8, 4) is 0 Å². The van der Waals surface area contributed by atoms with Crippen LogP contribution < -0.4 is 10.6 Å². The molecule has 3 nitrogen and oxygen atoms in total. The molecule has 1 rings (SSSR count). The van der Waals surface area contributed by atoms with E-state index in [-0.39, 0.29) is 5.91 Å². The van der Waals surface area contributed by atoms with Gasteiger partial charge in [0.05, 0.1) is 5.56 Å². The summed E-state index contributed by atoms with van der Waals surface area (Å²) in [5.74, 6) is -0.112. The maximum Gasteiger partial charge on any atom is 0.253 e. The van der Waals surface area contributed by atoms with Crippen LogP contribution in [0.3, 0.4) is 0 Å². The maximum absolute atomic E-state index is 11.6. The summed E-state index contributed by atoms with van der Waals surface area (Å²) >= 11 is 5.81. The molecule has 0 radical (unpaired) electrons. The quantitative estimate of drug-likeness (QED) is 0.806. The summed E-state index contributed by atoms with van der Waals surface area (Å²) in [6.07, 6.45) is 0. The fraction of sp³-hybridized carbons (Fsp3) is 0.300. The normalized spacial score (nSPS) is 9.64. The van der Waals surface area contributed by atoms with E-state index < -0.39 is 0 Å². The molecule has 14 heavy (non-hydrogen) atoms. The lowest BCUT2D eigenvalue weighted by molar-refractivity contribution is 0.0956. The van der Waals surface area contributed by atoms with E-state index in [9.17, 15) is 4.79 Å². The molecule has 0 bridgehead atoms. The van der Waals surface area contributed by atoms with Crippen LogP contribution in [0.5, 0.6) is 0 Å². The highest BCUT2D eigenvalue weighted by Crippen LogP contribution is 2.19. The van der Waals surface area contributed by atoms with Crippen molar-refractivity contribution in [2.75, 3.05) is 18.9 Å². The molecule has 0 fully saturated rings. The van der Waals surface area contributed by atoms with Gasteiger partial charge in [0.1, 0.15) is 0 Å². The summed E-state index contributed by atoms with van der Waals surface area (Å²) in [6, 6.07) is 5.18. The Morgan fingerprint density at radius 1 is 1.50 bits per heavy atom. The van der Waals surface area contributed by atoms with E-state index in [2.05, 4.69) is 10.6 Å². The van der Waals surface area contributed by atoms with Gasteiger partial charge in [0, 0.05) is 24.3 Å². The topological polar surface area (TPSA) is 41.1 Å². The van der Waals surface area contributed by atoms with Crippen LogP contribution in [0.15, 0.2) is 18.2 Å². The number of carbonyl (C=O) groups excluding carboxylic acids is 1. The lowest BCUT2D eigenvalue weighted by Gasteiger charge is -2.08. The van der Waals surface area contributed by atoms with Crippen molar-refractivity contribution < 1.29 is 4.79 Å². The molecule has 1 aromatic rings. The van der Waals surface area contributed by atoms with Crippen LogP contribution in [0.25, 0.3) is 0 Å². The molecule has 0 aliphatic carbocycles. The standard InChI is InChI=1S/C10H13ClN2O/c1-3-13-10(14)8-6-7(11)4-5-9(8)12-2/h4-6,12H,3H2,1-2H3,(H,13,14). The summed E-state index contributed by atoms with van der Waals surface area (Å²) in [5.41, 5.74) is 1.35. The lowest BCUT2D eigenvalue weighted by Crippen LogP contribution is -2.23. The van der Waals surface area contributed by atoms with Crippen molar-refractivity contribution in [3.63, 3.8) is 0 Å². The van der Waals surface area contributed by atoms with Crippen LogP contribution in [-0.4, -0.2) is 19.5 Å². The largest absolute Gasteiger partial charge is 0.387 e. The Morgan fingerprint density at radius 3 is 2.79 bits per heavy atom. The first-order chi connectivity index (χ1) is 6.69. The van der Waals surface area contributed by atoms with Gasteiger partial charge in [-0.1, -0.05) is 11.6 Å². The number of anilines is 1. The molecule has 0 saturated heterocycles. The van der Waals surface area contributed by atoms with E-state index in [0.717, 1.165) is 5.69 Å².